The summed E-state index contributed by atoms with van der Waals surface area (Å²) in [5.74, 6) is 0. The Labute approximate surface area is 103 Å². The molecule has 0 spiro atoms. The lowest BCUT2D eigenvalue weighted by molar-refractivity contribution is 0.276. The first-order valence-electron chi connectivity index (χ1n) is 4.73. The van der Waals surface area contributed by atoms with Crippen LogP contribution in [0.25, 0.3) is 5.69 Å². The van der Waals surface area contributed by atoms with Gasteiger partial charge in [-0.2, -0.15) is 5.10 Å². The molecule has 16 heavy (non-hydrogen) atoms. The summed E-state index contributed by atoms with van der Waals surface area (Å²) in [5, 5.41) is 14.3. The molecule has 1 aromatic carbocycles. The van der Waals surface area contributed by atoms with Gasteiger partial charge in [-0.25, -0.2) is 4.68 Å². The van der Waals surface area contributed by atoms with Gasteiger partial charge in [0.2, 0.25) is 0 Å². The number of rotatable bonds is 2. The molecule has 2 aromatic rings. The Bertz CT molecular complexity index is 523. The molecule has 0 radical (unpaired) electrons. The topological polar surface area (TPSA) is 38.0 Å². The van der Waals surface area contributed by atoms with Crippen molar-refractivity contribution in [3.05, 3.63) is 45.7 Å². The van der Waals surface area contributed by atoms with Crippen LogP contribution in [0.3, 0.4) is 0 Å². The van der Waals surface area contributed by atoms with E-state index in [0.717, 1.165) is 5.56 Å². The monoisotopic (exact) mass is 256 g/mol. The number of halogens is 2. The average Bonchev–Trinajstić information content (AvgIpc) is 2.71. The van der Waals surface area contributed by atoms with Crippen LogP contribution >= 0.6 is 23.2 Å². The summed E-state index contributed by atoms with van der Waals surface area (Å²) in [5.41, 5.74) is 2.22. The maximum Gasteiger partial charge on any atom is 0.0883 e. The van der Waals surface area contributed by atoms with Crippen molar-refractivity contribution in [3.63, 3.8) is 0 Å². The molecule has 84 valence electrons. The number of hydrogen-bond donors (Lipinski definition) is 1. The number of aliphatic hydroxyl groups excluding tert-OH is 1. The second-order valence-corrected chi connectivity index (χ2v) is 4.28. The lowest BCUT2D eigenvalue weighted by Gasteiger charge is -2.07. The van der Waals surface area contributed by atoms with E-state index in [0.29, 0.717) is 21.4 Å². The fourth-order valence-corrected chi connectivity index (χ4v) is 1.85. The summed E-state index contributed by atoms with van der Waals surface area (Å²) in [6.45, 7) is 1.80. The lowest BCUT2D eigenvalue weighted by Crippen LogP contribution is -1.98. The molecule has 0 fully saturated rings. The van der Waals surface area contributed by atoms with Crippen molar-refractivity contribution >= 4 is 23.2 Å². The van der Waals surface area contributed by atoms with Crippen molar-refractivity contribution in [2.75, 3.05) is 0 Å². The van der Waals surface area contributed by atoms with Crippen LogP contribution < -0.4 is 0 Å². The van der Waals surface area contributed by atoms with Gasteiger partial charge in [-0.15, -0.1) is 0 Å². The summed E-state index contributed by atoms with van der Waals surface area (Å²) < 4.78 is 1.60. The molecule has 0 amide bonds. The average molecular weight is 257 g/mol. The van der Waals surface area contributed by atoms with E-state index in [-0.39, 0.29) is 6.61 Å². The fourth-order valence-electron chi connectivity index (χ4n) is 1.39. The van der Waals surface area contributed by atoms with E-state index in [1.54, 1.807) is 29.1 Å². The number of aliphatic hydroxyl groups is 1. The molecular weight excluding hydrogens is 247 g/mol. The maximum atomic E-state index is 8.93. The zero-order chi connectivity index (χ0) is 11.7. The zero-order valence-electron chi connectivity index (χ0n) is 8.61. The third-order valence-corrected chi connectivity index (χ3v) is 2.99. The van der Waals surface area contributed by atoms with Gasteiger partial charge in [0.1, 0.15) is 0 Å². The van der Waals surface area contributed by atoms with Gasteiger partial charge < -0.3 is 5.11 Å². The molecule has 0 aliphatic heterocycles. The van der Waals surface area contributed by atoms with Gasteiger partial charge >= 0.3 is 0 Å². The molecule has 5 heteroatoms. The number of aryl methyl sites for hydroxylation is 1. The molecule has 1 N–H and O–H groups in total. The first-order valence-corrected chi connectivity index (χ1v) is 5.49. The Kier molecular flexibility index (Phi) is 3.19. The minimum atomic E-state index is -0.0930. The molecule has 1 aromatic heterocycles. The van der Waals surface area contributed by atoms with E-state index < -0.39 is 0 Å². The van der Waals surface area contributed by atoms with Crippen LogP contribution in [0.2, 0.25) is 10.0 Å². The molecule has 1 heterocycles. The Morgan fingerprint density at radius 3 is 2.69 bits per heavy atom. The highest BCUT2D eigenvalue weighted by Crippen LogP contribution is 2.27. The van der Waals surface area contributed by atoms with Crippen LogP contribution in [0, 0.1) is 6.92 Å². The van der Waals surface area contributed by atoms with Crippen LogP contribution in [-0.4, -0.2) is 14.9 Å². The molecule has 0 saturated heterocycles. The fraction of sp³-hybridized carbons (Fsp3) is 0.182. The SMILES string of the molecule is Cc1cc(Cl)c(-n2ccc(CO)n2)cc1Cl. The number of aromatic nitrogens is 2. The summed E-state index contributed by atoms with van der Waals surface area (Å²) in [6.07, 6.45) is 1.73. The summed E-state index contributed by atoms with van der Waals surface area (Å²) in [6, 6.07) is 5.27. The quantitative estimate of drug-likeness (QED) is 0.898. The van der Waals surface area contributed by atoms with E-state index in [2.05, 4.69) is 5.10 Å². The van der Waals surface area contributed by atoms with Crippen LogP contribution in [0.5, 0.6) is 0 Å². The van der Waals surface area contributed by atoms with Gasteiger partial charge in [0.05, 0.1) is 23.0 Å². The number of benzene rings is 1. The molecule has 0 unspecified atom stereocenters. The van der Waals surface area contributed by atoms with Crippen molar-refractivity contribution in [2.24, 2.45) is 0 Å². The first kappa shape index (κ1) is 11.5. The van der Waals surface area contributed by atoms with Crippen molar-refractivity contribution < 1.29 is 5.11 Å². The van der Waals surface area contributed by atoms with Crippen molar-refractivity contribution in [2.45, 2.75) is 13.5 Å². The van der Waals surface area contributed by atoms with Crippen LogP contribution in [0.1, 0.15) is 11.3 Å². The third-order valence-electron chi connectivity index (χ3n) is 2.28. The van der Waals surface area contributed by atoms with Crippen molar-refractivity contribution in [3.8, 4) is 5.69 Å². The molecule has 0 saturated carbocycles. The van der Waals surface area contributed by atoms with Gasteiger partial charge in [-0.1, -0.05) is 23.2 Å². The van der Waals surface area contributed by atoms with Gasteiger partial charge in [-0.3, -0.25) is 0 Å². The smallest absolute Gasteiger partial charge is 0.0883 e. The first-order chi connectivity index (χ1) is 7.61. The highest BCUT2D eigenvalue weighted by Gasteiger charge is 2.08. The van der Waals surface area contributed by atoms with Crippen LogP contribution in [-0.2, 0) is 6.61 Å². The predicted molar refractivity (Wildman–Crippen MR) is 64.2 cm³/mol. The van der Waals surface area contributed by atoms with Crippen molar-refractivity contribution in [1.29, 1.82) is 0 Å². The summed E-state index contributed by atoms with van der Waals surface area (Å²) in [7, 11) is 0. The highest BCUT2D eigenvalue weighted by atomic mass is 35.5. The summed E-state index contributed by atoms with van der Waals surface area (Å²) >= 11 is 12.1. The van der Waals surface area contributed by atoms with Crippen LogP contribution in [0.15, 0.2) is 24.4 Å². The van der Waals surface area contributed by atoms with Gasteiger partial charge in [0.25, 0.3) is 0 Å². The standard InChI is InChI=1S/C11H10Cl2N2O/c1-7-4-10(13)11(5-9(7)12)15-3-2-8(6-16)14-15/h2-5,16H,6H2,1H3. The Hall–Kier alpha value is -1.03. The minimum Gasteiger partial charge on any atom is -0.390 e. The van der Waals surface area contributed by atoms with Crippen molar-refractivity contribution in [1.82, 2.24) is 9.78 Å². The van der Waals surface area contributed by atoms with E-state index >= 15 is 0 Å². The largest absolute Gasteiger partial charge is 0.390 e. The third kappa shape index (κ3) is 2.07. The van der Waals surface area contributed by atoms with Gasteiger partial charge in [0, 0.05) is 11.2 Å². The van der Waals surface area contributed by atoms with E-state index in [4.69, 9.17) is 28.3 Å². The molecule has 0 bridgehead atoms. The van der Waals surface area contributed by atoms with Crippen LogP contribution in [0.4, 0.5) is 0 Å². The molecule has 3 nitrogen and oxygen atoms in total. The highest BCUT2D eigenvalue weighted by molar-refractivity contribution is 6.35. The number of hydrogen-bond acceptors (Lipinski definition) is 2. The van der Waals surface area contributed by atoms with Gasteiger partial charge in [-0.05, 0) is 30.7 Å². The Morgan fingerprint density at radius 2 is 2.06 bits per heavy atom. The van der Waals surface area contributed by atoms with Gasteiger partial charge in [0.15, 0.2) is 0 Å². The molecule has 0 aliphatic carbocycles. The molecule has 0 aliphatic rings. The zero-order valence-corrected chi connectivity index (χ0v) is 10.1. The van der Waals surface area contributed by atoms with E-state index in [1.165, 1.54) is 0 Å². The number of nitrogens with zero attached hydrogens (tertiary/aromatic N) is 2. The molecule has 0 atom stereocenters. The Balaban J connectivity index is 2.51. The van der Waals surface area contributed by atoms with E-state index in [9.17, 15) is 0 Å². The lowest BCUT2D eigenvalue weighted by atomic mass is 10.2. The maximum absolute atomic E-state index is 8.93. The normalized spacial score (nSPS) is 10.8. The minimum absolute atomic E-state index is 0.0930. The van der Waals surface area contributed by atoms with E-state index in [1.807, 2.05) is 6.92 Å². The second kappa shape index (κ2) is 4.45. The molecule has 2 rings (SSSR count). The Morgan fingerprint density at radius 1 is 1.31 bits per heavy atom. The summed E-state index contributed by atoms with van der Waals surface area (Å²) in [4.78, 5) is 0. The predicted octanol–water partition coefficient (Wildman–Crippen LogP) is 2.98. The molecular formula is C11H10Cl2N2O. The second-order valence-electron chi connectivity index (χ2n) is 3.46.